The normalized spacial score (nSPS) is 18.6. The molecule has 1 rings (SSSR count). The van der Waals surface area contributed by atoms with E-state index in [0.717, 1.165) is 6.42 Å². The molecule has 0 aromatic heterocycles. The third-order valence-electron chi connectivity index (χ3n) is 4.46. The summed E-state index contributed by atoms with van der Waals surface area (Å²) in [5, 5.41) is 12.9. The quantitative estimate of drug-likeness (QED) is 0.333. The number of amides is 2. The zero-order valence-corrected chi connectivity index (χ0v) is 17.1. The van der Waals surface area contributed by atoms with Gasteiger partial charge in [-0.2, -0.15) is 0 Å². The lowest BCUT2D eigenvalue weighted by Crippen LogP contribution is -2.53. The summed E-state index contributed by atoms with van der Waals surface area (Å²) >= 11 is 0. The van der Waals surface area contributed by atoms with Crippen molar-refractivity contribution in [2.24, 2.45) is 5.41 Å². The second-order valence-corrected chi connectivity index (χ2v) is 7.68. The van der Waals surface area contributed by atoms with Gasteiger partial charge in [-0.05, 0) is 32.6 Å². The van der Waals surface area contributed by atoms with Crippen LogP contribution in [0.15, 0.2) is 24.3 Å². The number of piperidine rings is 1. The number of rotatable bonds is 10. The first-order valence-corrected chi connectivity index (χ1v) is 9.46. The van der Waals surface area contributed by atoms with Crippen molar-refractivity contribution in [3.63, 3.8) is 0 Å². The first-order chi connectivity index (χ1) is 13.1. The first-order valence-electron chi connectivity index (χ1n) is 9.46. The smallest absolute Gasteiger partial charge is 0.407 e. The highest BCUT2D eigenvalue weighted by Crippen LogP contribution is 2.36. The van der Waals surface area contributed by atoms with Gasteiger partial charge in [-0.1, -0.05) is 27.0 Å². The second-order valence-electron chi connectivity index (χ2n) is 7.68. The second kappa shape index (κ2) is 10.8. The molecule has 0 aromatic rings. The van der Waals surface area contributed by atoms with Gasteiger partial charge in [0.05, 0.1) is 13.2 Å². The summed E-state index contributed by atoms with van der Waals surface area (Å²) < 4.78 is 9.87. The number of unbranched alkanes of at least 4 members (excludes halogenated alkanes) is 2. The summed E-state index contributed by atoms with van der Waals surface area (Å²) in [6, 6.07) is 0. The van der Waals surface area contributed by atoms with Crippen LogP contribution in [0, 0.1) is 5.41 Å². The van der Waals surface area contributed by atoms with Gasteiger partial charge in [0.1, 0.15) is 12.8 Å². The lowest BCUT2D eigenvalue weighted by molar-refractivity contribution is -0.154. The Balaban J connectivity index is 2.14. The van der Waals surface area contributed by atoms with Crippen LogP contribution < -0.4 is 5.32 Å². The van der Waals surface area contributed by atoms with E-state index in [1.807, 2.05) is 13.8 Å². The Labute approximate surface area is 166 Å². The maximum atomic E-state index is 12.2. The number of nitrogens with zero attached hydrogens (tertiary/aromatic N) is 1. The maximum absolute atomic E-state index is 12.2. The monoisotopic (exact) mass is 396 g/mol. The van der Waals surface area contributed by atoms with Crippen LogP contribution in [0.2, 0.25) is 0 Å². The van der Waals surface area contributed by atoms with Crippen LogP contribution in [-0.4, -0.2) is 60.5 Å². The van der Waals surface area contributed by atoms with Crippen molar-refractivity contribution >= 4 is 18.0 Å². The molecule has 28 heavy (non-hydrogen) atoms. The summed E-state index contributed by atoms with van der Waals surface area (Å²) in [7, 11) is 0. The fourth-order valence-electron chi connectivity index (χ4n) is 2.87. The van der Waals surface area contributed by atoms with Crippen molar-refractivity contribution in [1.29, 1.82) is 0 Å². The molecule has 1 heterocycles. The Morgan fingerprint density at radius 2 is 1.93 bits per heavy atom. The highest BCUT2D eigenvalue weighted by atomic mass is 16.6. The van der Waals surface area contributed by atoms with Crippen LogP contribution in [0.3, 0.4) is 0 Å². The van der Waals surface area contributed by atoms with E-state index < -0.39 is 23.7 Å². The van der Waals surface area contributed by atoms with Crippen LogP contribution in [0.4, 0.5) is 4.79 Å². The fraction of sp³-hybridized carbons (Fsp3) is 0.650. The highest BCUT2D eigenvalue weighted by molar-refractivity contribution is 5.94. The molecule has 158 valence electrons. The molecule has 8 nitrogen and oxygen atoms in total. The summed E-state index contributed by atoms with van der Waals surface area (Å²) in [5.74, 6) is -0.700. The Kier molecular flexibility index (Phi) is 9.18. The van der Waals surface area contributed by atoms with E-state index in [9.17, 15) is 19.5 Å². The van der Waals surface area contributed by atoms with Gasteiger partial charge in [-0.3, -0.25) is 4.79 Å². The van der Waals surface area contributed by atoms with E-state index in [1.54, 1.807) is 6.92 Å². The predicted molar refractivity (Wildman–Crippen MR) is 104 cm³/mol. The number of ether oxygens (including phenoxy) is 2. The van der Waals surface area contributed by atoms with Gasteiger partial charge in [0.2, 0.25) is 0 Å². The van der Waals surface area contributed by atoms with Crippen LogP contribution in [0.1, 0.15) is 46.5 Å². The van der Waals surface area contributed by atoms with Crippen molar-refractivity contribution in [1.82, 2.24) is 10.2 Å². The van der Waals surface area contributed by atoms with Gasteiger partial charge >= 0.3 is 12.1 Å². The van der Waals surface area contributed by atoms with Crippen molar-refractivity contribution in [2.75, 3.05) is 26.3 Å². The van der Waals surface area contributed by atoms with Gasteiger partial charge in [0, 0.05) is 23.1 Å². The van der Waals surface area contributed by atoms with Crippen molar-refractivity contribution in [3.05, 3.63) is 24.3 Å². The first kappa shape index (κ1) is 23.7. The molecule has 1 atom stereocenters. The fourth-order valence-corrected chi connectivity index (χ4v) is 2.87. The van der Waals surface area contributed by atoms with Crippen LogP contribution in [0.25, 0.3) is 0 Å². The molecule has 8 heteroatoms. The molecule has 0 spiro atoms. The highest BCUT2D eigenvalue weighted by Gasteiger charge is 2.41. The number of nitrogens with one attached hydrogen (secondary N) is 1. The Morgan fingerprint density at radius 1 is 1.25 bits per heavy atom. The zero-order valence-electron chi connectivity index (χ0n) is 17.1. The van der Waals surface area contributed by atoms with Gasteiger partial charge in [-0.15, -0.1) is 0 Å². The van der Waals surface area contributed by atoms with E-state index in [0.29, 0.717) is 37.0 Å². The third kappa shape index (κ3) is 7.34. The molecule has 0 bridgehead atoms. The zero-order chi connectivity index (χ0) is 21.3. The van der Waals surface area contributed by atoms with Gasteiger partial charge in [-0.25, -0.2) is 9.59 Å². The number of carbonyl (C=O) groups excluding carboxylic acids is 3. The lowest BCUT2D eigenvalue weighted by atomic mass is 9.79. The molecule has 2 N–H and O–H groups in total. The lowest BCUT2D eigenvalue weighted by Gasteiger charge is -2.43. The van der Waals surface area contributed by atoms with Gasteiger partial charge in [0.25, 0.3) is 5.91 Å². The molecule has 1 aliphatic rings. The number of carbonyl (C=O) groups is 3. The number of hydrogen-bond acceptors (Lipinski definition) is 6. The summed E-state index contributed by atoms with van der Waals surface area (Å²) in [4.78, 5) is 36.3. The van der Waals surface area contributed by atoms with E-state index >= 15 is 0 Å². The summed E-state index contributed by atoms with van der Waals surface area (Å²) in [5.41, 5.74) is 0.406. The topological polar surface area (TPSA) is 105 Å². The summed E-state index contributed by atoms with van der Waals surface area (Å²) in [6.45, 7) is 13.5. The molecule has 1 fully saturated rings. The molecular weight excluding hydrogens is 364 g/mol. The van der Waals surface area contributed by atoms with E-state index in [1.165, 1.54) is 4.90 Å². The van der Waals surface area contributed by atoms with Crippen LogP contribution in [0.5, 0.6) is 0 Å². The minimum absolute atomic E-state index is 0.0502. The Hall–Kier alpha value is -2.35. The van der Waals surface area contributed by atoms with Crippen molar-refractivity contribution in [2.45, 2.75) is 52.7 Å². The molecular formula is C20H32N2O6. The number of alkyl carbamates (subject to hydrolysis) is 1. The molecule has 0 radical (unpaired) electrons. The summed E-state index contributed by atoms with van der Waals surface area (Å²) in [6.07, 6.45) is 1.15. The molecule has 1 unspecified atom stereocenters. The average molecular weight is 396 g/mol. The molecule has 0 aliphatic carbocycles. The number of aliphatic hydroxyl groups is 1. The minimum atomic E-state index is -0.827. The molecule has 2 amide bonds. The number of likely N-dealkylation sites (tertiary alicyclic amines) is 1. The Morgan fingerprint density at radius 3 is 2.57 bits per heavy atom. The SMILES string of the molecule is C=C(C)C(=O)OCCNC(=O)OCCCCCN1C(=O)C(=C)CC(C)(C)C1O. The van der Waals surface area contributed by atoms with Crippen LogP contribution in [-0.2, 0) is 19.1 Å². The van der Waals surface area contributed by atoms with Gasteiger partial charge in [0.15, 0.2) is 0 Å². The number of esters is 1. The number of hydrogen-bond donors (Lipinski definition) is 2. The molecule has 1 aliphatic heterocycles. The van der Waals surface area contributed by atoms with Gasteiger partial charge < -0.3 is 24.8 Å². The van der Waals surface area contributed by atoms with E-state index in [4.69, 9.17) is 9.47 Å². The molecule has 0 aromatic carbocycles. The Bertz CT molecular complexity index is 614. The van der Waals surface area contributed by atoms with E-state index in [2.05, 4.69) is 18.5 Å². The van der Waals surface area contributed by atoms with Crippen LogP contribution >= 0.6 is 0 Å². The van der Waals surface area contributed by atoms with Crippen molar-refractivity contribution in [3.8, 4) is 0 Å². The molecule has 1 saturated heterocycles. The van der Waals surface area contributed by atoms with E-state index in [-0.39, 0.29) is 25.7 Å². The maximum Gasteiger partial charge on any atom is 0.407 e. The predicted octanol–water partition coefficient (Wildman–Crippen LogP) is 2.14. The minimum Gasteiger partial charge on any atom is -0.460 e. The average Bonchev–Trinajstić information content (AvgIpc) is 2.61. The largest absolute Gasteiger partial charge is 0.460 e. The standard InChI is InChI=1S/C20H32N2O6/c1-14(2)17(24)27-12-9-21-19(26)28-11-8-6-7-10-22-16(23)15(3)13-20(4,5)18(22)25/h18,25H,1,3,6-13H2,2,4-5H3,(H,21,26). The number of aliphatic hydroxyl groups excluding tert-OH is 1. The third-order valence-corrected chi connectivity index (χ3v) is 4.46. The molecule has 0 saturated carbocycles. The van der Waals surface area contributed by atoms with Crippen molar-refractivity contribution < 1.29 is 29.0 Å².